The third-order valence-corrected chi connectivity index (χ3v) is 23.0. The summed E-state index contributed by atoms with van der Waals surface area (Å²) in [5.74, 6) is 0. The molecular weight excluding hydrogens is 555 g/mol. The molecule has 0 atom stereocenters. The Kier molecular flexibility index (Phi) is 17.6. The van der Waals surface area contributed by atoms with Crippen molar-refractivity contribution in [3.8, 4) is 0 Å². The van der Waals surface area contributed by atoms with Crippen LogP contribution in [0.15, 0.2) is 48.5 Å². The molecule has 4 heteroatoms. The zero-order valence-corrected chi connectivity index (χ0v) is 30.8. The number of hydrogen-bond donors (Lipinski definition) is 0. The standard InChI is InChI=1S/C36H62ClPSi2/c1-7-13-25-39(26-14-8-2,27-15-9-3)35-23-19-21-33(31-35)38(37)34-22-20-24-36(32-34)40(28-16-10-4,29-17-11-5)30-18-12-6/h19-24,31-32H,7-18,25-30H2,1-6H3. The fourth-order valence-electron chi connectivity index (χ4n) is 6.77. The van der Waals surface area contributed by atoms with E-state index in [1.165, 1.54) is 124 Å². The van der Waals surface area contributed by atoms with E-state index in [0.29, 0.717) is 0 Å². The summed E-state index contributed by atoms with van der Waals surface area (Å²) < 4.78 is 0. The average molecular weight is 617 g/mol. The first-order valence-electron chi connectivity index (χ1n) is 17.1. The number of halogens is 1. The topological polar surface area (TPSA) is 0 Å². The molecule has 0 N–H and O–H groups in total. The third-order valence-electron chi connectivity index (χ3n) is 9.42. The van der Waals surface area contributed by atoms with Gasteiger partial charge in [-0.25, -0.2) is 0 Å². The fourth-order valence-corrected chi connectivity index (χ4v) is 20.1. The van der Waals surface area contributed by atoms with Crippen molar-refractivity contribution < 1.29 is 0 Å². The lowest BCUT2D eigenvalue weighted by Crippen LogP contribution is -2.48. The molecule has 0 bridgehead atoms. The van der Waals surface area contributed by atoms with Crippen LogP contribution in [0.3, 0.4) is 0 Å². The summed E-state index contributed by atoms with van der Waals surface area (Å²) in [6, 6.07) is 28.2. The third kappa shape index (κ3) is 10.4. The molecule has 0 aliphatic heterocycles. The van der Waals surface area contributed by atoms with Crippen molar-refractivity contribution in [1.29, 1.82) is 0 Å². The molecule has 0 aromatic heterocycles. The van der Waals surface area contributed by atoms with Crippen LogP contribution in [0.25, 0.3) is 0 Å². The Morgan fingerprint density at radius 3 is 1.00 bits per heavy atom. The van der Waals surface area contributed by atoms with Crippen molar-refractivity contribution in [2.45, 2.75) is 155 Å². The SMILES string of the molecule is CCCC[Si](CCCC)(CCCC)c1cccc(P(Cl)c2cccc([Si](CCCC)(CCCC)CCCC)c2)c1. The summed E-state index contributed by atoms with van der Waals surface area (Å²) in [5.41, 5.74) is 0. The maximum Gasteiger partial charge on any atom is 0.0867 e. The Morgan fingerprint density at radius 1 is 0.475 bits per heavy atom. The van der Waals surface area contributed by atoms with Crippen LogP contribution in [0.5, 0.6) is 0 Å². The summed E-state index contributed by atoms with van der Waals surface area (Å²) in [6.07, 6.45) is 16.1. The minimum Gasteiger partial charge on any atom is -0.0859 e. The highest BCUT2D eigenvalue weighted by molar-refractivity contribution is 7.95. The molecule has 2 rings (SSSR count). The zero-order chi connectivity index (χ0) is 29.3. The van der Waals surface area contributed by atoms with Crippen LogP contribution in [0.1, 0.15) is 119 Å². The summed E-state index contributed by atoms with van der Waals surface area (Å²) in [4.78, 5) is 0. The lowest BCUT2D eigenvalue weighted by Gasteiger charge is -2.34. The van der Waals surface area contributed by atoms with E-state index in [1.807, 2.05) is 0 Å². The Bertz CT molecular complexity index is 827. The molecule has 0 unspecified atom stereocenters. The van der Waals surface area contributed by atoms with Crippen LogP contribution in [-0.4, -0.2) is 16.1 Å². The van der Waals surface area contributed by atoms with Crippen LogP contribution in [0.4, 0.5) is 0 Å². The van der Waals surface area contributed by atoms with Gasteiger partial charge in [0.05, 0.1) is 23.4 Å². The maximum absolute atomic E-state index is 7.50. The van der Waals surface area contributed by atoms with E-state index in [2.05, 4.69) is 90.1 Å². The van der Waals surface area contributed by atoms with Gasteiger partial charge in [-0.15, -0.1) is 0 Å². The zero-order valence-electron chi connectivity index (χ0n) is 27.2. The molecule has 0 radical (unpaired) electrons. The summed E-state index contributed by atoms with van der Waals surface area (Å²) >= 11 is 7.50. The number of unbranched alkanes of at least 4 members (excludes halogenated alkanes) is 6. The van der Waals surface area contributed by atoms with Crippen molar-refractivity contribution in [3.05, 3.63) is 48.5 Å². The minimum atomic E-state index is -1.54. The molecule has 0 nitrogen and oxygen atoms in total. The van der Waals surface area contributed by atoms with Gasteiger partial charge in [0.1, 0.15) is 0 Å². The van der Waals surface area contributed by atoms with Gasteiger partial charge in [-0.05, 0) is 10.6 Å². The Hall–Kier alpha value is -0.406. The highest BCUT2D eigenvalue weighted by atomic mass is 35.7. The Morgan fingerprint density at radius 2 is 0.750 bits per heavy atom. The van der Waals surface area contributed by atoms with Crippen LogP contribution in [0.2, 0.25) is 36.3 Å². The second kappa shape index (κ2) is 19.7. The van der Waals surface area contributed by atoms with Crippen molar-refractivity contribution >= 4 is 55.6 Å². The fraction of sp³-hybridized carbons (Fsp3) is 0.667. The van der Waals surface area contributed by atoms with Crippen molar-refractivity contribution in [2.75, 3.05) is 0 Å². The Labute approximate surface area is 258 Å². The van der Waals surface area contributed by atoms with Gasteiger partial charge in [0.15, 0.2) is 0 Å². The highest BCUT2D eigenvalue weighted by Crippen LogP contribution is 2.39. The monoisotopic (exact) mass is 616 g/mol. The van der Waals surface area contributed by atoms with Gasteiger partial charge in [0.25, 0.3) is 0 Å². The molecule has 2 aromatic carbocycles. The average Bonchev–Trinajstić information content (AvgIpc) is 3.00. The van der Waals surface area contributed by atoms with E-state index in [1.54, 1.807) is 10.4 Å². The molecule has 2 aromatic rings. The normalized spacial score (nSPS) is 12.4. The molecule has 0 aliphatic carbocycles. The molecule has 0 fully saturated rings. The number of rotatable bonds is 22. The first-order valence-corrected chi connectivity index (χ1v) is 24.6. The molecule has 0 saturated heterocycles. The smallest absolute Gasteiger partial charge is 0.0859 e. The van der Waals surface area contributed by atoms with Gasteiger partial charge in [-0.3, -0.25) is 0 Å². The quantitative estimate of drug-likeness (QED) is 0.0911. The van der Waals surface area contributed by atoms with E-state index in [4.69, 9.17) is 11.2 Å². The largest absolute Gasteiger partial charge is 0.0867 e. The number of hydrogen-bond acceptors (Lipinski definition) is 0. The molecule has 226 valence electrons. The highest BCUT2D eigenvalue weighted by Gasteiger charge is 2.35. The first kappa shape index (κ1) is 35.8. The summed E-state index contributed by atoms with van der Waals surface area (Å²) in [6.45, 7) is 14.2. The van der Waals surface area contributed by atoms with E-state index in [-0.39, 0.29) is 0 Å². The van der Waals surface area contributed by atoms with Crippen molar-refractivity contribution in [1.82, 2.24) is 0 Å². The van der Waals surface area contributed by atoms with Crippen molar-refractivity contribution in [3.63, 3.8) is 0 Å². The molecule has 0 aliphatic rings. The molecule has 0 heterocycles. The maximum atomic E-state index is 7.50. The minimum absolute atomic E-state index is 0.858. The van der Waals surface area contributed by atoms with Crippen LogP contribution in [0, 0.1) is 0 Å². The van der Waals surface area contributed by atoms with Gasteiger partial charge in [0.2, 0.25) is 0 Å². The van der Waals surface area contributed by atoms with Gasteiger partial charge in [-0.1, -0.05) is 225 Å². The summed E-state index contributed by atoms with van der Waals surface area (Å²) in [5, 5.41) is 6.16. The van der Waals surface area contributed by atoms with Crippen LogP contribution in [-0.2, 0) is 0 Å². The predicted octanol–water partition coefficient (Wildman–Crippen LogP) is 11.4. The molecule has 40 heavy (non-hydrogen) atoms. The summed E-state index contributed by atoms with van der Waals surface area (Å²) in [7, 11) is -3.94. The van der Waals surface area contributed by atoms with E-state index in [0.717, 1.165) is 0 Å². The van der Waals surface area contributed by atoms with Crippen molar-refractivity contribution in [2.24, 2.45) is 0 Å². The van der Waals surface area contributed by atoms with Crippen LogP contribution < -0.4 is 21.0 Å². The van der Waals surface area contributed by atoms with Gasteiger partial charge in [-0.2, -0.15) is 0 Å². The number of benzene rings is 2. The molecule has 0 saturated carbocycles. The molecule has 0 spiro atoms. The van der Waals surface area contributed by atoms with E-state index < -0.39 is 23.4 Å². The molecule has 0 amide bonds. The van der Waals surface area contributed by atoms with E-state index in [9.17, 15) is 0 Å². The second-order valence-corrected chi connectivity index (χ2v) is 24.4. The molecular formula is C36H62ClPSi2. The second-order valence-electron chi connectivity index (χ2n) is 12.6. The lowest BCUT2D eigenvalue weighted by atomic mass is 10.3. The van der Waals surface area contributed by atoms with E-state index >= 15 is 0 Å². The van der Waals surface area contributed by atoms with Gasteiger partial charge in [0, 0.05) is 0 Å². The van der Waals surface area contributed by atoms with Crippen LogP contribution >= 0.6 is 18.5 Å². The predicted molar refractivity (Wildman–Crippen MR) is 194 cm³/mol. The van der Waals surface area contributed by atoms with Gasteiger partial charge >= 0.3 is 0 Å². The first-order chi connectivity index (χ1) is 19.5. The lowest BCUT2D eigenvalue weighted by molar-refractivity contribution is 0.800. The van der Waals surface area contributed by atoms with Gasteiger partial charge < -0.3 is 0 Å². The Balaban J connectivity index is 2.50.